The third kappa shape index (κ3) is 2.33. The third-order valence-electron chi connectivity index (χ3n) is 2.40. The lowest BCUT2D eigenvalue weighted by molar-refractivity contribution is 0.102. The zero-order chi connectivity index (χ0) is 13.1. The number of nitrogens with zero attached hydrogens (tertiary/aromatic N) is 5. The van der Waals surface area contributed by atoms with Gasteiger partial charge in [-0.2, -0.15) is 4.68 Å². The molecule has 0 fully saturated rings. The Kier molecular flexibility index (Phi) is 2.99. The monoisotopic (exact) mass is 272 g/mol. The largest absolute Gasteiger partial charge is 0.298 e. The SMILES string of the molecule is O=C(Nc1nccs1)c1ccccc1-n1cnnn1. The molecule has 0 unspecified atom stereocenters. The van der Waals surface area contributed by atoms with Crippen LogP contribution in [-0.4, -0.2) is 31.1 Å². The fraction of sp³-hybridized carbons (Fsp3) is 0. The van der Waals surface area contributed by atoms with Gasteiger partial charge in [-0.3, -0.25) is 10.1 Å². The minimum atomic E-state index is -0.249. The van der Waals surface area contributed by atoms with Gasteiger partial charge in [-0.1, -0.05) is 12.1 Å². The van der Waals surface area contributed by atoms with Crippen LogP contribution in [0.4, 0.5) is 5.13 Å². The number of nitrogens with one attached hydrogen (secondary N) is 1. The number of amides is 1. The van der Waals surface area contributed by atoms with Gasteiger partial charge < -0.3 is 0 Å². The zero-order valence-electron chi connectivity index (χ0n) is 9.59. The highest BCUT2D eigenvalue weighted by molar-refractivity contribution is 7.13. The van der Waals surface area contributed by atoms with Gasteiger partial charge in [-0.15, -0.1) is 16.4 Å². The van der Waals surface area contributed by atoms with Crippen molar-refractivity contribution >= 4 is 22.4 Å². The van der Waals surface area contributed by atoms with Crippen LogP contribution in [0.3, 0.4) is 0 Å². The van der Waals surface area contributed by atoms with E-state index in [0.717, 1.165) is 0 Å². The normalized spacial score (nSPS) is 10.3. The summed E-state index contributed by atoms with van der Waals surface area (Å²) < 4.78 is 1.44. The van der Waals surface area contributed by atoms with E-state index in [1.54, 1.807) is 29.8 Å². The van der Waals surface area contributed by atoms with Gasteiger partial charge in [0.05, 0.1) is 11.3 Å². The summed E-state index contributed by atoms with van der Waals surface area (Å²) in [4.78, 5) is 16.2. The summed E-state index contributed by atoms with van der Waals surface area (Å²) in [5.74, 6) is -0.249. The minimum Gasteiger partial charge on any atom is -0.298 e. The Balaban J connectivity index is 1.94. The second kappa shape index (κ2) is 4.94. The van der Waals surface area contributed by atoms with E-state index >= 15 is 0 Å². The minimum absolute atomic E-state index is 0.249. The molecule has 2 aromatic heterocycles. The Labute approximate surface area is 111 Å². The third-order valence-corrected chi connectivity index (χ3v) is 3.09. The van der Waals surface area contributed by atoms with E-state index in [1.165, 1.54) is 22.3 Å². The van der Waals surface area contributed by atoms with Crippen LogP contribution >= 0.6 is 11.3 Å². The summed E-state index contributed by atoms with van der Waals surface area (Å²) in [6, 6.07) is 7.08. The molecule has 0 atom stereocenters. The Hall–Kier alpha value is -2.61. The molecule has 0 bridgehead atoms. The van der Waals surface area contributed by atoms with E-state index < -0.39 is 0 Å². The van der Waals surface area contributed by atoms with Gasteiger partial charge in [0.1, 0.15) is 6.33 Å². The first-order chi connectivity index (χ1) is 9.34. The molecule has 0 aliphatic heterocycles. The molecule has 94 valence electrons. The zero-order valence-corrected chi connectivity index (χ0v) is 10.4. The summed E-state index contributed by atoms with van der Waals surface area (Å²) in [6.07, 6.45) is 3.07. The number of carbonyl (C=O) groups excluding carboxylic acids is 1. The van der Waals surface area contributed by atoms with Crippen molar-refractivity contribution in [2.75, 3.05) is 5.32 Å². The number of rotatable bonds is 3. The highest BCUT2D eigenvalue weighted by atomic mass is 32.1. The maximum atomic E-state index is 12.2. The molecule has 3 rings (SSSR count). The smallest absolute Gasteiger partial charge is 0.259 e. The summed E-state index contributed by atoms with van der Waals surface area (Å²) in [6.45, 7) is 0. The average Bonchev–Trinajstić information content (AvgIpc) is 3.11. The van der Waals surface area contributed by atoms with Gasteiger partial charge in [0.15, 0.2) is 5.13 Å². The molecular weight excluding hydrogens is 264 g/mol. The van der Waals surface area contributed by atoms with Crippen molar-refractivity contribution in [1.82, 2.24) is 25.2 Å². The first-order valence-corrected chi connectivity index (χ1v) is 6.26. The summed E-state index contributed by atoms with van der Waals surface area (Å²) in [5.41, 5.74) is 1.09. The number of aromatic nitrogens is 5. The van der Waals surface area contributed by atoms with Crippen LogP contribution in [0.2, 0.25) is 0 Å². The molecule has 8 heteroatoms. The number of hydrogen-bond donors (Lipinski definition) is 1. The van der Waals surface area contributed by atoms with E-state index in [1.807, 2.05) is 6.07 Å². The van der Waals surface area contributed by atoms with Crippen molar-refractivity contribution in [3.8, 4) is 5.69 Å². The van der Waals surface area contributed by atoms with Crippen molar-refractivity contribution in [3.05, 3.63) is 47.7 Å². The number of thiazole rings is 1. The Morgan fingerprint density at radius 3 is 2.95 bits per heavy atom. The molecule has 2 heterocycles. The van der Waals surface area contributed by atoms with Crippen LogP contribution in [0.25, 0.3) is 5.69 Å². The molecule has 0 saturated carbocycles. The van der Waals surface area contributed by atoms with E-state index in [2.05, 4.69) is 25.8 Å². The van der Waals surface area contributed by atoms with Crippen molar-refractivity contribution in [3.63, 3.8) is 0 Å². The van der Waals surface area contributed by atoms with E-state index in [0.29, 0.717) is 16.4 Å². The molecule has 0 aliphatic rings. The van der Waals surface area contributed by atoms with Gasteiger partial charge in [0, 0.05) is 11.6 Å². The second-order valence-corrected chi connectivity index (χ2v) is 4.46. The molecule has 0 saturated heterocycles. The van der Waals surface area contributed by atoms with Crippen molar-refractivity contribution in [2.45, 2.75) is 0 Å². The van der Waals surface area contributed by atoms with Crippen LogP contribution < -0.4 is 5.32 Å². The van der Waals surface area contributed by atoms with E-state index in [4.69, 9.17) is 0 Å². The van der Waals surface area contributed by atoms with Crippen LogP contribution in [-0.2, 0) is 0 Å². The number of para-hydroxylation sites is 1. The lowest BCUT2D eigenvalue weighted by Crippen LogP contribution is -2.15. The Bertz CT molecular complexity index is 679. The van der Waals surface area contributed by atoms with Crippen LogP contribution in [0.15, 0.2) is 42.2 Å². The van der Waals surface area contributed by atoms with Crippen molar-refractivity contribution in [2.24, 2.45) is 0 Å². The van der Waals surface area contributed by atoms with Crippen molar-refractivity contribution < 1.29 is 4.79 Å². The predicted molar refractivity (Wildman–Crippen MR) is 69.2 cm³/mol. The van der Waals surface area contributed by atoms with Gasteiger partial charge in [0.2, 0.25) is 0 Å². The average molecular weight is 272 g/mol. The molecule has 0 radical (unpaired) electrons. The van der Waals surface area contributed by atoms with Crippen LogP contribution in [0.1, 0.15) is 10.4 Å². The maximum absolute atomic E-state index is 12.2. The highest BCUT2D eigenvalue weighted by Crippen LogP contribution is 2.16. The van der Waals surface area contributed by atoms with Crippen molar-refractivity contribution in [1.29, 1.82) is 0 Å². The number of anilines is 1. The summed E-state index contributed by atoms with van der Waals surface area (Å²) in [7, 11) is 0. The summed E-state index contributed by atoms with van der Waals surface area (Å²) >= 11 is 1.36. The predicted octanol–water partition coefficient (Wildman–Crippen LogP) is 1.37. The van der Waals surface area contributed by atoms with Gasteiger partial charge in [-0.05, 0) is 22.6 Å². The molecule has 7 nitrogen and oxygen atoms in total. The molecular formula is C11H8N6OS. The Morgan fingerprint density at radius 2 is 2.21 bits per heavy atom. The molecule has 1 amide bonds. The molecule has 3 aromatic rings. The van der Waals surface area contributed by atoms with E-state index in [9.17, 15) is 4.79 Å². The standard InChI is InChI=1S/C11H8N6OS/c18-10(14-11-12-5-6-19-11)8-3-1-2-4-9(8)17-7-13-15-16-17/h1-7H,(H,12,14,18). The van der Waals surface area contributed by atoms with Gasteiger partial charge in [0.25, 0.3) is 5.91 Å². The first kappa shape index (κ1) is 11.5. The topological polar surface area (TPSA) is 85.6 Å². The highest BCUT2D eigenvalue weighted by Gasteiger charge is 2.14. The summed E-state index contributed by atoms with van der Waals surface area (Å²) in [5, 5.41) is 16.0. The molecule has 0 aliphatic carbocycles. The quantitative estimate of drug-likeness (QED) is 0.778. The molecule has 19 heavy (non-hydrogen) atoms. The molecule has 0 spiro atoms. The number of hydrogen-bond acceptors (Lipinski definition) is 6. The number of benzene rings is 1. The van der Waals surface area contributed by atoms with E-state index in [-0.39, 0.29) is 5.91 Å². The molecule has 1 aromatic carbocycles. The fourth-order valence-corrected chi connectivity index (χ4v) is 2.11. The Morgan fingerprint density at radius 1 is 1.32 bits per heavy atom. The number of tetrazole rings is 1. The van der Waals surface area contributed by atoms with Gasteiger partial charge in [-0.25, -0.2) is 4.98 Å². The first-order valence-electron chi connectivity index (χ1n) is 5.38. The fourth-order valence-electron chi connectivity index (χ4n) is 1.59. The molecule has 1 N–H and O–H groups in total. The second-order valence-electron chi connectivity index (χ2n) is 3.56. The van der Waals surface area contributed by atoms with Crippen LogP contribution in [0, 0.1) is 0 Å². The number of carbonyl (C=O) groups is 1. The lowest BCUT2D eigenvalue weighted by atomic mass is 10.1. The maximum Gasteiger partial charge on any atom is 0.259 e. The lowest BCUT2D eigenvalue weighted by Gasteiger charge is -2.07. The van der Waals surface area contributed by atoms with Crippen LogP contribution in [0.5, 0.6) is 0 Å². The van der Waals surface area contributed by atoms with Gasteiger partial charge >= 0.3 is 0 Å².